The van der Waals surface area contributed by atoms with Gasteiger partial charge in [-0.3, -0.25) is 4.79 Å². The Bertz CT molecular complexity index is 608. The molecule has 1 aromatic heterocycles. The summed E-state index contributed by atoms with van der Waals surface area (Å²) in [5.41, 5.74) is 7.41. The number of hydrogen-bond acceptors (Lipinski definition) is 3. The Morgan fingerprint density at radius 1 is 1.42 bits per heavy atom. The lowest BCUT2D eigenvalue weighted by Crippen LogP contribution is -2.52. The largest absolute Gasteiger partial charge is 0.390 e. The Balaban J connectivity index is 1.83. The van der Waals surface area contributed by atoms with Crippen LogP contribution in [0.4, 0.5) is 0 Å². The van der Waals surface area contributed by atoms with Crippen LogP contribution in [-0.4, -0.2) is 46.1 Å². The van der Waals surface area contributed by atoms with Crippen molar-refractivity contribution in [1.82, 2.24) is 9.88 Å². The van der Waals surface area contributed by atoms with Gasteiger partial charge in [-0.05, 0) is 30.7 Å². The van der Waals surface area contributed by atoms with Crippen LogP contribution in [0.5, 0.6) is 0 Å². The number of β-amino-alcohol motifs (C(OH)–C–C–N with tert-alkyl or cyclic N) is 1. The van der Waals surface area contributed by atoms with E-state index >= 15 is 0 Å². The molecule has 1 aliphatic heterocycles. The third-order valence-corrected chi connectivity index (χ3v) is 3.72. The first kappa shape index (κ1) is 12.2. The predicted octanol–water partition coefficient (Wildman–Crippen LogP) is 0.702. The molecule has 100 valence electrons. The zero-order valence-electron chi connectivity index (χ0n) is 10.5. The molecule has 4 N–H and O–H groups in total. The van der Waals surface area contributed by atoms with Crippen molar-refractivity contribution >= 4 is 16.8 Å². The van der Waals surface area contributed by atoms with Gasteiger partial charge < -0.3 is 20.7 Å². The SMILES string of the molecule is N[C@@H]1CCN(C(=O)c2ccc3[nH]ccc3c2)C[C@H]1O. The van der Waals surface area contributed by atoms with Gasteiger partial charge >= 0.3 is 0 Å². The Morgan fingerprint density at radius 3 is 3.05 bits per heavy atom. The highest BCUT2D eigenvalue weighted by atomic mass is 16.3. The molecule has 1 aromatic carbocycles. The summed E-state index contributed by atoms with van der Waals surface area (Å²) in [6.45, 7) is 0.910. The number of aliphatic hydroxyl groups is 1. The van der Waals surface area contributed by atoms with Gasteiger partial charge in [0, 0.05) is 41.8 Å². The van der Waals surface area contributed by atoms with Crippen molar-refractivity contribution in [1.29, 1.82) is 0 Å². The standard InChI is InChI=1S/C14H17N3O2/c15-11-4-6-17(8-13(11)18)14(19)10-1-2-12-9(7-10)3-5-16-12/h1-3,5,7,11,13,16,18H,4,6,8,15H2/t11-,13-/m1/s1. The summed E-state index contributed by atoms with van der Waals surface area (Å²) in [6, 6.07) is 7.29. The molecule has 0 unspecified atom stereocenters. The van der Waals surface area contributed by atoms with Crippen LogP contribution in [0.15, 0.2) is 30.5 Å². The summed E-state index contributed by atoms with van der Waals surface area (Å²) in [4.78, 5) is 17.1. The number of benzene rings is 1. The number of fused-ring (bicyclic) bond motifs is 1. The van der Waals surface area contributed by atoms with Crippen LogP contribution in [0.1, 0.15) is 16.8 Å². The van der Waals surface area contributed by atoms with Crippen molar-refractivity contribution in [3.8, 4) is 0 Å². The van der Waals surface area contributed by atoms with E-state index < -0.39 is 6.10 Å². The number of nitrogens with one attached hydrogen (secondary N) is 1. The van der Waals surface area contributed by atoms with Gasteiger partial charge in [0.05, 0.1) is 6.10 Å². The number of likely N-dealkylation sites (tertiary alicyclic amines) is 1. The number of aromatic nitrogens is 1. The summed E-state index contributed by atoms with van der Waals surface area (Å²) in [5, 5.41) is 10.8. The van der Waals surface area contributed by atoms with E-state index in [9.17, 15) is 9.90 Å². The molecule has 1 saturated heterocycles. The molecule has 2 atom stereocenters. The molecule has 1 aliphatic rings. The second kappa shape index (κ2) is 4.68. The van der Waals surface area contributed by atoms with Gasteiger partial charge in [0.2, 0.25) is 0 Å². The van der Waals surface area contributed by atoms with Gasteiger partial charge in [-0.25, -0.2) is 0 Å². The number of nitrogens with zero attached hydrogens (tertiary/aromatic N) is 1. The number of carbonyl (C=O) groups excluding carboxylic acids is 1. The third kappa shape index (κ3) is 2.22. The first-order chi connectivity index (χ1) is 9.15. The molecule has 3 rings (SSSR count). The summed E-state index contributed by atoms with van der Waals surface area (Å²) >= 11 is 0. The maximum Gasteiger partial charge on any atom is 0.253 e. The topological polar surface area (TPSA) is 82.3 Å². The van der Waals surface area contributed by atoms with Crippen molar-refractivity contribution < 1.29 is 9.90 Å². The highest BCUT2D eigenvalue weighted by molar-refractivity contribution is 5.98. The van der Waals surface area contributed by atoms with E-state index in [0.717, 1.165) is 10.9 Å². The van der Waals surface area contributed by atoms with Crippen molar-refractivity contribution in [2.75, 3.05) is 13.1 Å². The van der Waals surface area contributed by atoms with Gasteiger partial charge in [0.25, 0.3) is 5.91 Å². The first-order valence-electron chi connectivity index (χ1n) is 6.45. The second-order valence-corrected chi connectivity index (χ2v) is 5.05. The number of H-pyrrole nitrogens is 1. The van der Waals surface area contributed by atoms with Gasteiger partial charge in [0.15, 0.2) is 0 Å². The van der Waals surface area contributed by atoms with E-state index in [2.05, 4.69) is 4.98 Å². The van der Waals surface area contributed by atoms with Crippen molar-refractivity contribution in [3.05, 3.63) is 36.0 Å². The fourth-order valence-electron chi connectivity index (χ4n) is 2.50. The van der Waals surface area contributed by atoms with Crippen molar-refractivity contribution in [2.24, 2.45) is 5.73 Å². The highest BCUT2D eigenvalue weighted by Gasteiger charge is 2.28. The number of amides is 1. The minimum atomic E-state index is -0.631. The Labute approximate surface area is 111 Å². The number of rotatable bonds is 1. The van der Waals surface area contributed by atoms with Gasteiger partial charge in [-0.1, -0.05) is 0 Å². The zero-order valence-corrected chi connectivity index (χ0v) is 10.5. The van der Waals surface area contributed by atoms with Crippen LogP contribution in [-0.2, 0) is 0 Å². The number of nitrogens with two attached hydrogens (primary N) is 1. The quantitative estimate of drug-likeness (QED) is 0.705. The Kier molecular flexibility index (Phi) is 3.00. The van der Waals surface area contributed by atoms with E-state index in [1.165, 1.54) is 0 Å². The lowest BCUT2D eigenvalue weighted by Gasteiger charge is -2.34. The molecule has 5 nitrogen and oxygen atoms in total. The number of carbonyl (C=O) groups is 1. The van der Waals surface area contributed by atoms with E-state index in [4.69, 9.17) is 5.73 Å². The maximum atomic E-state index is 12.4. The predicted molar refractivity (Wildman–Crippen MR) is 72.8 cm³/mol. The molecule has 1 fully saturated rings. The monoisotopic (exact) mass is 259 g/mol. The summed E-state index contributed by atoms with van der Waals surface area (Å²) in [7, 11) is 0. The minimum absolute atomic E-state index is 0.0472. The molecule has 1 amide bonds. The molecule has 5 heteroatoms. The molecule has 0 aliphatic carbocycles. The molecular weight excluding hydrogens is 242 g/mol. The molecule has 19 heavy (non-hydrogen) atoms. The smallest absolute Gasteiger partial charge is 0.253 e. The van der Waals surface area contributed by atoms with Crippen molar-refractivity contribution in [3.63, 3.8) is 0 Å². The summed E-state index contributed by atoms with van der Waals surface area (Å²) in [6.07, 6.45) is 1.86. The molecule has 0 bridgehead atoms. The fourth-order valence-corrected chi connectivity index (χ4v) is 2.50. The van der Waals surface area contributed by atoms with E-state index in [0.29, 0.717) is 25.1 Å². The highest BCUT2D eigenvalue weighted by Crippen LogP contribution is 2.18. The van der Waals surface area contributed by atoms with Crippen molar-refractivity contribution in [2.45, 2.75) is 18.6 Å². The van der Waals surface area contributed by atoms with Crippen LogP contribution in [0.3, 0.4) is 0 Å². The summed E-state index contributed by atoms with van der Waals surface area (Å²) in [5.74, 6) is -0.0472. The average molecular weight is 259 g/mol. The van der Waals surface area contributed by atoms with Crippen LogP contribution < -0.4 is 5.73 Å². The first-order valence-corrected chi connectivity index (χ1v) is 6.45. The lowest BCUT2D eigenvalue weighted by molar-refractivity contribution is 0.0395. The van der Waals surface area contributed by atoms with E-state index in [1.807, 2.05) is 30.5 Å². The Hall–Kier alpha value is -1.85. The molecule has 0 spiro atoms. The number of aliphatic hydroxyl groups excluding tert-OH is 1. The molecule has 0 saturated carbocycles. The molecular formula is C14H17N3O2. The number of piperidine rings is 1. The molecule has 2 heterocycles. The van der Waals surface area contributed by atoms with Gasteiger partial charge in [-0.2, -0.15) is 0 Å². The van der Waals surface area contributed by atoms with Crippen LogP contribution in [0.25, 0.3) is 10.9 Å². The van der Waals surface area contributed by atoms with Gasteiger partial charge in [0.1, 0.15) is 0 Å². The zero-order chi connectivity index (χ0) is 13.4. The average Bonchev–Trinajstić information content (AvgIpc) is 2.88. The summed E-state index contributed by atoms with van der Waals surface area (Å²) < 4.78 is 0. The Morgan fingerprint density at radius 2 is 2.26 bits per heavy atom. The number of aromatic amines is 1. The van der Waals surface area contributed by atoms with Crippen LogP contribution in [0, 0.1) is 0 Å². The van der Waals surface area contributed by atoms with E-state index in [1.54, 1.807) is 4.90 Å². The normalized spacial score (nSPS) is 23.8. The fraction of sp³-hybridized carbons (Fsp3) is 0.357. The lowest BCUT2D eigenvalue weighted by atomic mass is 10.0. The van der Waals surface area contributed by atoms with Crippen LogP contribution in [0.2, 0.25) is 0 Å². The maximum absolute atomic E-state index is 12.4. The van der Waals surface area contributed by atoms with E-state index in [-0.39, 0.29) is 11.9 Å². The minimum Gasteiger partial charge on any atom is -0.390 e. The molecule has 2 aromatic rings. The third-order valence-electron chi connectivity index (χ3n) is 3.72. The number of hydrogen-bond donors (Lipinski definition) is 3. The molecule has 0 radical (unpaired) electrons. The van der Waals surface area contributed by atoms with Gasteiger partial charge in [-0.15, -0.1) is 0 Å². The second-order valence-electron chi connectivity index (χ2n) is 5.05. The van der Waals surface area contributed by atoms with Crippen LogP contribution >= 0.6 is 0 Å².